The first-order valence-corrected chi connectivity index (χ1v) is 7.33. The van der Waals surface area contributed by atoms with Crippen molar-refractivity contribution < 1.29 is 25.4 Å². The topological polar surface area (TPSA) is 79.2 Å². The third kappa shape index (κ3) is 3.32. The van der Waals surface area contributed by atoms with E-state index in [0.29, 0.717) is 11.5 Å². The van der Waals surface area contributed by atoms with Gasteiger partial charge in [0, 0.05) is 5.92 Å². The first kappa shape index (κ1) is 15.9. The van der Waals surface area contributed by atoms with Crippen LogP contribution in [-0.2, 0) is 0 Å². The lowest BCUT2D eigenvalue weighted by atomic mass is 9.85. The SMILES string of the molecule is OOc1ccc(C(c2ccc(O)cc2)c2ccc(OO)cc2)cc1. The number of benzene rings is 3. The van der Waals surface area contributed by atoms with Gasteiger partial charge in [-0.2, -0.15) is 0 Å². The van der Waals surface area contributed by atoms with Crippen LogP contribution in [0.2, 0.25) is 0 Å². The molecule has 5 nitrogen and oxygen atoms in total. The zero-order valence-corrected chi connectivity index (χ0v) is 12.7. The molecule has 0 heterocycles. The summed E-state index contributed by atoms with van der Waals surface area (Å²) in [7, 11) is 0. The Labute approximate surface area is 138 Å². The highest BCUT2D eigenvalue weighted by atomic mass is 17.1. The van der Waals surface area contributed by atoms with Crippen molar-refractivity contribution in [1.29, 1.82) is 0 Å². The van der Waals surface area contributed by atoms with Crippen molar-refractivity contribution >= 4 is 0 Å². The average Bonchev–Trinajstić information content (AvgIpc) is 2.64. The third-order valence-electron chi connectivity index (χ3n) is 3.86. The van der Waals surface area contributed by atoms with Crippen molar-refractivity contribution in [2.24, 2.45) is 0 Å². The zero-order valence-electron chi connectivity index (χ0n) is 12.7. The fourth-order valence-electron chi connectivity index (χ4n) is 2.69. The highest BCUT2D eigenvalue weighted by Gasteiger charge is 2.17. The van der Waals surface area contributed by atoms with E-state index in [1.165, 1.54) is 0 Å². The Hall–Kier alpha value is -3.02. The van der Waals surface area contributed by atoms with E-state index >= 15 is 0 Å². The summed E-state index contributed by atoms with van der Waals surface area (Å²) < 4.78 is 0. The Kier molecular flexibility index (Phi) is 4.65. The van der Waals surface area contributed by atoms with Crippen LogP contribution in [0, 0.1) is 0 Å². The minimum absolute atomic E-state index is 0.0916. The largest absolute Gasteiger partial charge is 0.508 e. The standard InChI is InChI=1S/C19H16O5/c20-16-7-1-13(2-8-16)19(14-3-9-17(23-21)10-4-14)15-5-11-18(24-22)12-6-15/h1-12,19-22H. The molecule has 5 heteroatoms. The lowest BCUT2D eigenvalue weighted by Gasteiger charge is -2.19. The predicted molar refractivity (Wildman–Crippen MR) is 88.4 cm³/mol. The molecule has 122 valence electrons. The summed E-state index contributed by atoms with van der Waals surface area (Å²) >= 11 is 0. The van der Waals surface area contributed by atoms with Crippen LogP contribution in [0.25, 0.3) is 0 Å². The normalized spacial score (nSPS) is 10.6. The van der Waals surface area contributed by atoms with E-state index in [0.717, 1.165) is 16.7 Å². The van der Waals surface area contributed by atoms with Gasteiger partial charge in [-0.3, -0.25) is 0 Å². The van der Waals surface area contributed by atoms with Gasteiger partial charge in [0.15, 0.2) is 11.5 Å². The Morgan fingerprint density at radius 1 is 0.542 bits per heavy atom. The molecule has 0 aromatic heterocycles. The predicted octanol–water partition coefficient (Wildman–Crippen LogP) is 4.28. The monoisotopic (exact) mass is 324 g/mol. The maximum atomic E-state index is 9.53. The summed E-state index contributed by atoms with van der Waals surface area (Å²) in [5.74, 6) is 0.816. The van der Waals surface area contributed by atoms with Crippen LogP contribution in [0.5, 0.6) is 17.2 Å². The maximum Gasteiger partial charge on any atom is 0.165 e. The molecule has 24 heavy (non-hydrogen) atoms. The number of rotatable bonds is 5. The molecule has 0 aliphatic carbocycles. The molecule has 3 N–H and O–H groups in total. The van der Waals surface area contributed by atoms with Crippen LogP contribution in [0.1, 0.15) is 22.6 Å². The van der Waals surface area contributed by atoms with Crippen molar-refractivity contribution in [2.45, 2.75) is 5.92 Å². The van der Waals surface area contributed by atoms with Crippen molar-refractivity contribution in [3.8, 4) is 17.2 Å². The summed E-state index contributed by atoms with van der Waals surface area (Å²) in [6.07, 6.45) is 0. The van der Waals surface area contributed by atoms with Crippen molar-refractivity contribution in [2.75, 3.05) is 0 Å². The van der Waals surface area contributed by atoms with Crippen LogP contribution >= 0.6 is 0 Å². The van der Waals surface area contributed by atoms with Crippen molar-refractivity contribution in [1.82, 2.24) is 0 Å². The molecule has 0 bridgehead atoms. The van der Waals surface area contributed by atoms with Gasteiger partial charge < -0.3 is 14.9 Å². The van der Waals surface area contributed by atoms with Crippen molar-refractivity contribution in [3.63, 3.8) is 0 Å². The lowest BCUT2D eigenvalue weighted by molar-refractivity contribution is -0.137. The average molecular weight is 324 g/mol. The fourth-order valence-corrected chi connectivity index (χ4v) is 2.69. The Balaban J connectivity index is 2.06. The number of hydrogen-bond acceptors (Lipinski definition) is 5. The Morgan fingerprint density at radius 3 is 1.21 bits per heavy atom. The van der Waals surface area contributed by atoms with E-state index in [9.17, 15) is 5.11 Å². The summed E-state index contributed by atoms with van der Waals surface area (Å²) in [6.45, 7) is 0. The summed E-state index contributed by atoms with van der Waals surface area (Å²) in [5.41, 5.74) is 2.96. The lowest BCUT2D eigenvalue weighted by Crippen LogP contribution is -2.03. The molecular weight excluding hydrogens is 308 g/mol. The number of phenolic OH excluding ortho intramolecular Hbond substituents is 1. The molecule has 0 aliphatic heterocycles. The van der Waals surface area contributed by atoms with Crippen LogP contribution in [0.4, 0.5) is 0 Å². The van der Waals surface area contributed by atoms with Crippen LogP contribution in [0.15, 0.2) is 72.8 Å². The fraction of sp³-hybridized carbons (Fsp3) is 0.0526. The second kappa shape index (κ2) is 7.04. The smallest absolute Gasteiger partial charge is 0.165 e. The first-order valence-electron chi connectivity index (χ1n) is 7.33. The van der Waals surface area contributed by atoms with Gasteiger partial charge in [0.05, 0.1) is 0 Å². The molecule has 0 atom stereocenters. The van der Waals surface area contributed by atoms with Gasteiger partial charge in [-0.05, 0) is 53.1 Å². The van der Waals surface area contributed by atoms with Gasteiger partial charge in [-0.15, -0.1) is 0 Å². The van der Waals surface area contributed by atoms with Crippen LogP contribution < -0.4 is 9.78 Å². The molecular formula is C19H16O5. The van der Waals surface area contributed by atoms with E-state index in [-0.39, 0.29) is 11.7 Å². The van der Waals surface area contributed by atoms with E-state index in [1.54, 1.807) is 36.4 Å². The second-order valence-corrected chi connectivity index (χ2v) is 5.35. The molecule has 0 radical (unpaired) electrons. The summed E-state index contributed by atoms with van der Waals surface area (Å²) in [6, 6.07) is 21.1. The molecule has 3 rings (SSSR count). The van der Waals surface area contributed by atoms with Gasteiger partial charge in [-0.25, -0.2) is 10.5 Å². The zero-order chi connectivity index (χ0) is 16.9. The van der Waals surface area contributed by atoms with Gasteiger partial charge >= 0.3 is 0 Å². The molecule has 0 fully saturated rings. The first-order chi connectivity index (χ1) is 11.7. The molecule has 0 unspecified atom stereocenters. The third-order valence-corrected chi connectivity index (χ3v) is 3.86. The Bertz CT molecular complexity index is 732. The quantitative estimate of drug-likeness (QED) is 0.371. The molecule has 0 spiro atoms. The molecule has 3 aromatic carbocycles. The molecule has 3 aromatic rings. The molecule has 0 amide bonds. The summed E-state index contributed by atoms with van der Waals surface area (Å²) in [5, 5.41) is 27.0. The summed E-state index contributed by atoms with van der Waals surface area (Å²) in [4.78, 5) is 8.46. The minimum atomic E-state index is -0.0916. The Morgan fingerprint density at radius 2 is 0.875 bits per heavy atom. The maximum absolute atomic E-state index is 9.53. The van der Waals surface area contributed by atoms with Crippen LogP contribution in [-0.4, -0.2) is 15.6 Å². The molecule has 0 saturated carbocycles. The number of aromatic hydroxyl groups is 1. The van der Waals surface area contributed by atoms with Gasteiger partial charge in [0.1, 0.15) is 5.75 Å². The van der Waals surface area contributed by atoms with Crippen LogP contribution in [0.3, 0.4) is 0 Å². The van der Waals surface area contributed by atoms with Gasteiger partial charge in [0.25, 0.3) is 0 Å². The van der Waals surface area contributed by atoms with E-state index in [1.807, 2.05) is 36.4 Å². The van der Waals surface area contributed by atoms with E-state index < -0.39 is 0 Å². The minimum Gasteiger partial charge on any atom is -0.508 e. The second-order valence-electron chi connectivity index (χ2n) is 5.35. The number of phenols is 1. The van der Waals surface area contributed by atoms with E-state index in [4.69, 9.17) is 10.5 Å². The molecule has 0 saturated heterocycles. The van der Waals surface area contributed by atoms with Crippen molar-refractivity contribution in [3.05, 3.63) is 89.5 Å². The highest BCUT2D eigenvalue weighted by Crippen LogP contribution is 2.34. The number of hydrogen-bond donors (Lipinski definition) is 3. The van der Waals surface area contributed by atoms with E-state index in [2.05, 4.69) is 9.78 Å². The highest BCUT2D eigenvalue weighted by molar-refractivity contribution is 5.46. The van der Waals surface area contributed by atoms with Gasteiger partial charge in [0.2, 0.25) is 0 Å². The molecule has 0 aliphatic rings. The van der Waals surface area contributed by atoms with Gasteiger partial charge in [-0.1, -0.05) is 36.4 Å².